The summed E-state index contributed by atoms with van der Waals surface area (Å²) in [6.07, 6.45) is -1.45. The second-order valence-corrected chi connectivity index (χ2v) is 11.9. The summed E-state index contributed by atoms with van der Waals surface area (Å²) in [5, 5.41) is 0. The number of anilines is 1. The molecule has 3 N–H and O–H groups in total. The minimum Gasteiger partial charge on any atom is -0.459 e. The molecule has 1 saturated heterocycles. The summed E-state index contributed by atoms with van der Waals surface area (Å²) in [6, 6.07) is 36.4. The lowest BCUT2D eigenvalue weighted by Gasteiger charge is -2.35. The molecule has 0 bridgehead atoms. The van der Waals surface area contributed by atoms with Crippen LogP contribution < -0.4 is 11.3 Å². The van der Waals surface area contributed by atoms with Crippen molar-refractivity contribution in [1.82, 2.24) is 24.4 Å². The zero-order valence-corrected chi connectivity index (χ0v) is 26.9. The first-order valence-corrected chi connectivity index (χ1v) is 16.1. The SMILES string of the molecule is Nc1nc2c(ncn2C2O[C@H](COC(=O)c3ccccc3)C(N(Cc3ccccc3)Cc3ccccc3)C2OC(=O)c2ccccc2)c(=O)[nH]1. The Balaban J connectivity index is 1.34. The summed E-state index contributed by atoms with van der Waals surface area (Å²) >= 11 is 0. The summed E-state index contributed by atoms with van der Waals surface area (Å²) < 4.78 is 20.5. The molecule has 0 amide bonds. The van der Waals surface area contributed by atoms with Gasteiger partial charge in [0.1, 0.15) is 12.7 Å². The average molecular weight is 671 g/mol. The lowest BCUT2D eigenvalue weighted by molar-refractivity contribution is -0.0598. The van der Waals surface area contributed by atoms with Crippen LogP contribution >= 0.6 is 0 Å². The van der Waals surface area contributed by atoms with E-state index in [0.29, 0.717) is 24.2 Å². The van der Waals surface area contributed by atoms with Gasteiger partial charge >= 0.3 is 11.9 Å². The Bertz CT molecular complexity index is 2080. The number of nitrogen functional groups attached to an aromatic ring is 1. The summed E-state index contributed by atoms with van der Waals surface area (Å²) in [6.45, 7) is 0.709. The first-order valence-electron chi connectivity index (χ1n) is 16.1. The monoisotopic (exact) mass is 670 g/mol. The number of hydrogen-bond donors (Lipinski definition) is 2. The molecule has 7 rings (SSSR count). The van der Waals surface area contributed by atoms with Gasteiger partial charge in [0.2, 0.25) is 5.95 Å². The highest BCUT2D eigenvalue weighted by atomic mass is 16.6. The van der Waals surface area contributed by atoms with Gasteiger partial charge in [0, 0.05) is 13.1 Å². The van der Waals surface area contributed by atoms with Crippen LogP contribution in [0.4, 0.5) is 5.95 Å². The first-order chi connectivity index (χ1) is 24.4. The maximum atomic E-state index is 13.8. The highest BCUT2D eigenvalue weighted by Gasteiger charge is 2.52. The molecule has 0 radical (unpaired) electrons. The molecule has 12 heteroatoms. The molecule has 4 atom stereocenters. The van der Waals surface area contributed by atoms with Crippen LogP contribution in [0.2, 0.25) is 0 Å². The second-order valence-electron chi connectivity index (χ2n) is 11.9. The van der Waals surface area contributed by atoms with Crippen molar-refractivity contribution in [2.24, 2.45) is 0 Å². The molecule has 3 unspecified atom stereocenters. The van der Waals surface area contributed by atoms with Crippen molar-refractivity contribution in [3.8, 4) is 0 Å². The number of esters is 2. The highest BCUT2D eigenvalue weighted by Crippen LogP contribution is 2.38. The van der Waals surface area contributed by atoms with E-state index in [-0.39, 0.29) is 23.7 Å². The van der Waals surface area contributed by atoms with Crippen molar-refractivity contribution >= 4 is 29.1 Å². The largest absolute Gasteiger partial charge is 0.459 e. The second kappa shape index (κ2) is 14.6. The van der Waals surface area contributed by atoms with Crippen LogP contribution in [0.1, 0.15) is 38.1 Å². The van der Waals surface area contributed by atoms with Gasteiger partial charge in [-0.3, -0.25) is 19.2 Å². The Hall–Kier alpha value is -6.11. The number of nitrogens with one attached hydrogen (secondary N) is 1. The van der Waals surface area contributed by atoms with Crippen LogP contribution in [0, 0.1) is 0 Å². The van der Waals surface area contributed by atoms with Gasteiger partial charge in [-0.15, -0.1) is 0 Å². The van der Waals surface area contributed by atoms with Gasteiger partial charge in [0.15, 0.2) is 23.5 Å². The molecule has 0 aliphatic carbocycles. The molecule has 4 aromatic carbocycles. The van der Waals surface area contributed by atoms with Crippen LogP contribution in [0.25, 0.3) is 11.2 Å². The lowest BCUT2D eigenvalue weighted by Crippen LogP contribution is -2.49. The van der Waals surface area contributed by atoms with E-state index < -0.39 is 42.0 Å². The quantitative estimate of drug-likeness (QED) is 0.185. The van der Waals surface area contributed by atoms with Crippen LogP contribution in [-0.4, -0.2) is 61.2 Å². The lowest BCUT2D eigenvalue weighted by atomic mass is 10.0. The van der Waals surface area contributed by atoms with E-state index in [2.05, 4.69) is 19.9 Å². The van der Waals surface area contributed by atoms with Crippen LogP contribution in [-0.2, 0) is 27.3 Å². The van der Waals surface area contributed by atoms with E-state index >= 15 is 0 Å². The van der Waals surface area contributed by atoms with Crippen LogP contribution in [0.3, 0.4) is 0 Å². The standard InChI is InChI=1S/C38H34N6O6/c39-38-41-33-30(34(45)42-38)40-24-44(33)35-32(50-37(47)28-19-11-4-12-20-28)31(29(49-35)23-48-36(46)27-17-9-3-10-18-27)43(21-25-13-5-1-6-14-25)22-26-15-7-2-8-16-26/h1-20,24,29,31-32,35H,21-23H2,(H3,39,41,42,45)/t29-,31?,32?,35?/m1/s1. The predicted octanol–water partition coefficient (Wildman–Crippen LogP) is 4.75. The highest BCUT2D eigenvalue weighted by molar-refractivity contribution is 5.90. The van der Waals surface area contributed by atoms with E-state index in [4.69, 9.17) is 19.9 Å². The maximum absolute atomic E-state index is 13.8. The fourth-order valence-corrected chi connectivity index (χ4v) is 6.26. The molecular formula is C38H34N6O6. The van der Waals surface area contributed by atoms with Crippen molar-refractivity contribution in [2.75, 3.05) is 12.3 Å². The number of rotatable bonds is 11. The predicted molar refractivity (Wildman–Crippen MR) is 185 cm³/mol. The summed E-state index contributed by atoms with van der Waals surface area (Å²) in [5.74, 6) is -1.22. The first kappa shape index (κ1) is 32.4. The normalized spacial score (nSPS) is 18.7. The Morgan fingerprint density at radius 1 is 0.800 bits per heavy atom. The minimum absolute atomic E-state index is 0.0388. The molecule has 252 valence electrons. The minimum atomic E-state index is -1.04. The molecule has 0 spiro atoms. The molecule has 0 saturated carbocycles. The van der Waals surface area contributed by atoms with Gasteiger partial charge in [-0.1, -0.05) is 97.1 Å². The average Bonchev–Trinajstić information content (AvgIpc) is 3.73. The third-order valence-corrected chi connectivity index (χ3v) is 8.56. The van der Waals surface area contributed by atoms with Crippen molar-refractivity contribution in [3.05, 3.63) is 160 Å². The van der Waals surface area contributed by atoms with Gasteiger partial charge in [0.05, 0.1) is 23.5 Å². The third-order valence-electron chi connectivity index (χ3n) is 8.56. The molecule has 3 heterocycles. The topological polar surface area (TPSA) is 155 Å². The number of carbonyl (C=O) groups excluding carboxylic acids is 2. The van der Waals surface area contributed by atoms with E-state index in [9.17, 15) is 14.4 Å². The number of ether oxygens (including phenoxy) is 3. The van der Waals surface area contributed by atoms with E-state index in [0.717, 1.165) is 11.1 Å². The fourth-order valence-electron chi connectivity index (χ4n) is 6.26. The number of nitrogens with two attached hydrogens (primary N) is 1. The van der Waals surface area contributed by atoms with Gasteiger partial charge in [0.25, 0.3) is 5.56 Å². The Morgan fingerprint density at radius 2 is 1.34 bits per heavy atom. The molecule has 12 nitrogen and oxygen atoms in total. The van der Waals surface area contributed by atoms with Gasteiger partial charge in [-0.05, 0) is 35.4 Å². The Morgan fingerprint density at radius 3 is 1.92 bits per heavy atom. The number of benzene rings is 4. The van der Waals surface area contributed by atoms with Crippen molar-refractivity contribution in [2.45, 2.75) is 37.6 Å². The van der Waals surface area contributed by atoms with Gasteiger partial charge in [-0.25, -0.2) is 14.6 Å². The smallest absolute Gasteiger partial charge is 0.338 e. The van der Waals surface area contributed by atoms with Crippen LogP contribution in [0.5, 0.6) is 0 Å². The molecule has 2 aromatic heterocycles. The third kappa shape index (κ3) is 7.02. The molecule has 1 aliphatic heterocycles. The summed E-state index contributed by atoms with van der Waals surface area (Å²) in [5.41, 5.74) is 8.36. The molecule has 1 aliphatic rings. The summed E-state index contributed by atoms with van der Waals surface area (Å²) in [7, 11) is 0. The van der Waals surface area contributed by atoms with Crippen molar-refractivity contribution < 1.29 is 23.8 Å². The zero-order chi connectivity index (χ0) is 34.5. The molecular weight excluding hydrogens is 636 g/mol. The number of aromatic nitrogens is 4. The van der Waals surface area contributed by atoms with E-state index in [1.165, 1.54) is 6.33 Å². The van der Waals surface area contributed by atoms with Crippen molar-refractivity contribution in [1.29, 1.82) is 0 Å². The molecule has 50 heavy (non-hydrogen) atoms. The molecule has 6 aromatic rings. The maximum Gasteiger partial charge on any atom is 0.338 e. The number of imidazole rings is 1. The van der Waals surface area contributed by atoms with Gasteiger partial charge < -0.3 is 19.9 Å². The van der Waals surface area contributed by atoms with Crippen LogP contribution in [0.15, 0.2) is 132 Å². The van der Waals surface area contributed by atoms with Gasteiger partial charge in [-0.2, -0.15) is 4.98 Å². The van der Waals surface area contributed by atoms with E-state index in [1.807, 2.05) is 72.8 Å². The molecule has 1 fully saturated rings. The zero-order valence-electron chi connectivity index (χ0n) is 26.9. The van der Waals surface area contributed by atoms with E-state index in [1.54, 1.807) is 53.1 Å². The number of aromatic amines is 1. The summed E-state index contributed by atoms with van der Waals surface area (Å²) in [4.78, 5) is 53.1. The number of H-pyrrole nitrogens is 1. The number of carbonyl (C=O) groups is 2. The number of nitrogens with zero attached hydrogens (tertiary/aromatic N) is 4. The number of fused-ring (bicyclic) bond motifs is 1. The fraction of sp³-hybridized carbons (Fsp3) is 0.184. The van der Waals surface area contributed by atoms with Crippen molar-refractivity contribution in [3.63, 3.8) is 0 Å². The Kier molecular flexibility index (Phi) is 9.45. The number of hydrogen-bond acceptors (Lipinski definition) is 10. The Labute approximate surface area is 287 Å².